The molecule has 2 aromatic carbocycles. The van der Waals surface area contributed by atoms with Crippen LogP contribution in [0.1, 0.15) is 47.9 Å². The molecule has 2 aromatic rings. The van der Waals surface area contributed by atoms with Gasteiger partial charge in [0.05, 0.1) is 10.5 Å². The topological polar surface area (TPSA) is 26.0 Å². The van der Waals surface area contributed by atoms with Gasteiger partial charge in [0.15, 0.2) is 0 Å². The van der Waals surface area contributed by atoms with Gasteiger partial charge in [0.2, 0.25) is 0 Å². The van der Waals surface area contributed by atoms with Crippen molar-refractivity contribution >= 4 is 15.9 Å². The molecule has 3 rings (SSSR count). The molecule has 1 unspecified atom stereocenters. The predicted molar refractivity (Wildman–Crippen MR) is 83.2 cm³/mol. The smallest absolute Gasteiger partial charge is 0.137 e. The third-order valence-corrected chi connectivity index (χ3v) is 4.79. The number of benzene rings is 2. The third-order valence-electron chi connectivity index (χ3n) is 4.15. The summed E-state index contributed by atoms with van der Waals surface area (Å²) < 4.78 is 14.1. The standard InChI is InChI=1S/C17H17BrFN/c18-15-8-7-14(10-16(15)19)17(20)13-6-2-5-12(9-13)11-3-1-4-11/h2,5-11,17H,1,3-4,20H2. The molecule has 0 spiro atoms. The van der Waals surface area contributed by atoms with E-state index in [1.807, 2.05) is 12.1 Å². The van der Waals surface area contributed by atoms with Crippen LogP contribution in [0.25, 0.3) is 0 Å². The number of halogens is 2. The van der Waals surface area contributed by atoms with Crippen molar-refractivity contribution in [2.75, 3.05) is 0 Å². The minimum atomic E-state index is -0.280. The second kappa shape index (κ2) is 5.66. The Balaban J connectivity index is 1.89. The molecule has 0 amide bonds. The van der Waals surface area contributed by atoms with Crippen LogP contribution >= 0.6 is 15.9 Å². The molecule has 0 aliphatic heterocycles. The summed E-state index contributed by atoms with van der Waals surface area (Å²) in [5.74, 6) is 0.414. The zero-order chi connectivity index (χ0) is 14.1. The Morgan fingerprint density at radius 3 is 2.50 bits per heavy atom. The molecule has 1 saturated carbocycles. The highest BCUT2D eigenvalue weighted by atomic mass is 79.9. The fourth-order valence-electron chi connectivity index (χ4n) is 2.65. The maximum atomic E-state index is 13.6. The largest absolute Gasteiger partial charge is 0.320 e. The van der Waals surface area contributed by atoms with Crippen molar-refractivity contribution in [3.8, 4) is 0 Å². The van der Waals surface area contributed by atoms with Crippen molar-refractivity contribution in [1.82, 2.24) is 0 Å². The van der Waals surface area contributed by atoms with Crippen LogP contribution in [-0.4, -0.2) is 0 Å². The minimum absolute atomic E-state index is 0.270. The van der Waals surface area contributed by atoms with E-state index in [1.54, 1.807) is 6.07 Å². The summed E-state index contributed by atoms with van der Waals surface area (Å²) >= 11 is 3.17. The Bertz CT molecular complexity index is 622. The van der Waals surface area contributed by atoms with Gasteiger partial charge in [0.25, 0.3) is 0 Å². The Morgan fingerprint density at radius 2 is 1.85 bits per heavy atom. The summed E-state index contributed by atoms with van der Waals surface area (Å²) in [5.41, 5.74) is 9.50. The van der Waals surface area contributed by atoms with Gasteiger partial charge in [-0.3, -0.25) is 0 Å². The first kappa shape index (κ1) is 13.8. The van der Waals surface area contributed by atoms with E-state index in [0.717, 1.165) is 11.1 Å². The number of nitrogens with two attached hydrogens (primary N) is 1. The fourth-order valence-corrected chi connectivity index (χ4v) is 2.89. The lowest BCUT2D eigenvalue weighted by Crippen LogP contribution is -2.14. The number of hydrogen-bond donors (Lipinski definition) is 1. The first-order valence-corrected chi connectivity index (χ1v) is 7.75. The second-order valence-corrected chi connectivity index (χ2v) is 6.30. The quantitative estimate of drug-likeness (QED) is 0.848. The molecule has 1 aliphatic rings. The van der Waals surface area contributed by atoms with Crippen molar-refractivity contribution in [2.45, 2.75) is 31.2 Å². The van der Waals surface area contributed by atoms with E-state index in [1.165, 1.54) is 30.9 Å². The summed E-state index contributed by atoms with van der Waals surface area (Å²) in [6, 6.07) is 13.2. The molecule has 1 nitrogen and oxygen atoms in total. The van der Waals surface area contributed by atoms with Crippen LogP contribution in [0.4, 0.5) is 4.39 Å². The van der Waals surface area contributed by atoms with Gasteiger partial charge >= 0.3 is 0 Å². The van der Waals surface area contributed by atoms with Crippen LogP contribution in [0.15, 0.2) is 46.9 Å². The van der Waals surface area contributed by atoms with E-state index >= 15 is 0 Å². The fraction of sp³-hybridized carbons (Fsp3) is 0.294. The molecule has 1 atom stereocenters. The number of hydrogen-bond acceptors (Lipinski definition) is 1. The van der Waals surface area contributed by atoms with Crippen LogP contribution in [0.3, 0.4) is 0 Å². The zero-order valence-electron chi connectivity index (χ0n) is 11.2. The van der Waals surface area contributed by atoms with Gasteiger partial charge in [-0.15, -0.1) is 0 Å². The van der Waals surface area contributed by atoms with Gasteiger partial charge in [0.1, 0.15) is 5.82 Å². The van der Waals surface area contributed by atoms with Gasteiger partial charge in [-0.05, 0) is 63.5 Å². The van der Waals surface area contributed by atoms with E-state index in [-0.39, 0.29) is 11.9 Å². The first-order chi connectivity index (χ1) is 9.65. The van der Waals surface area contributed by atoms with E-state index in [0.29, 0.717) is 10.4 Å². The van der Waals surface area contributed by atoms with Gasteiger partial charge in [-0.1, -0.05) is 36.8 Å². The van der Waals surface area contributed by atoms with E-state index < -0.39 is 0 Å². The normalized spacial score (nSPS) is 16.8. The van der Waals surface area contributed by atoms with Crippen LogP contribution in [0.5, 0.6) is 0 Å². The van der Waals surface area contributed by atoms with Gasteiger partial charge in [0, 0.05) is 0 Å². The highest BCUT2D eigenvalue weighted by molar-refractivity contribution is 9.10. The van der Waals surface area contributed by atoms with Crippen LogP contribution in [0, 0.1) is 5.82 Å². The molecule has 104 valence electrons. The molecule has 2 N–H and O–H groups in total. The summed E-state index contributed by atoms with van der Waals surface area (Å²) in [5, 5.41) is 0. The molecule has 0 bridgehead atoms. The lowest BCUT2D eigenvalue weighted by molar-refractivity contribution is 0.419. The molecule has 0 heterocycles. The van der Waals surface area contributed by atoms with Crippen molar-refractivity contribution in [3.63, 3.8) is 0 Å². The van der Waals surface area contributed by atoms with Crippen LogP contribution < -0.4 is 5.73 Å². The molecule has 0 aromatic heterocycles. The Hall–Kier alpha value is -1.19. The van der Waals surface area contributed by atoms with Crippen molar-refractivity contribution in [2.24, 2.45) is 5.73 Å². The number of rotatable bonds is 3. The second-order valence-electron chi connectivity index (χ2n) is 5.45. The van der Waals surface area contributed by atoms with Crippen LogP contribution in [-0.2, 0) is 0 Å². The van der Waals surface area contributed by atoms with Gasteiger partial charge in [-0.25, -0.2) is 4.39 Å². The third kappa shape index (κ3) is 2.65. The van der Waals surface area contributed by atoms with E-state index in [4.69, 9.17) is 5.73 Å². The molecule has 20 heavy (non-hydrogen) atoms. The Kier molecular flexibility index (Phi) is 3.90. The average Bonchev–Trinajstić information content (AvgIpc) is 2.39. The van der Waals surface area contributed by atoms with Gasteiger partial charge in [-0.2, -0.15) is 0 Å². The zero-order valence-corrected chi connectivity index (χ0v) is 12.7. The maximum absolute atomic E-state index is 13.6. The monoisotopic (exact) mass is 333 g/mol. The molecular weight excluding hydrogens is 317 g/mol. The van der Waals surface area contributed by atoms with Gasteiger partial charge < -0.3 is 5.73 Å². The molecular formula is C17H17BrFN. The van der Waals surface area contributed by atoms with Crippen LogP contribution in [0.2, 0.25) is 0 Å². The molecule has 0 radical (unpaired) electrons. The Labute approximate surface area is 127 Å². The molecule has 0 saturated heterocycles. The highest BCUT2D eigenvalue weighted by Gasteiger charge is 2.20. The highest BCUT2D eigenvalue weighted by Crippen LogP contribution is 2.37. The molecule has 3 heteroatoms. The molecule has 1 aliphatic carbocycles. The van der Waals surface area contributed by atoms with Crippen molar-refractivity contribution in [1.29, 1.82) is 0 Å². The Morgan fingerprint density at radius 1 is 1.10 bits per heavy atom. The lowest BCUT2D eigenvalue weighted by Gasteiger charge is -2.26. The predicted octanol–water partition coefficient (Wildman–Crippen LogP) is 4.90. The average molecular weight is 334 g/mol. The van der Waals surface area contributed by atoms with Crippen molar-refractivity contribution < 1.29 is 4.39 Å². The summed E-state index contributed by atoms with van der Waals surface area (Å²) in [6.45, 7) is 0. The summed E-state index contributed by atoms with van der Waals surface area (Å²) in [4.78, 5) is 0. The summed E-state index contributed by atoms with van der Waals surface area (Å²) in [7, 11) is 0. The summed E-state index contributed by atoms with van der Waals surface area (Å²) in [6.07, 6.45) is 3.86. The molecule has 1 fully saturated rings. The first-order valence-electron chi connectivity index (χ1n) is 6.95. The maximum Gasteiger partial charge on any atom is 0.137 e. The lowest BCUT2D eigenvalue weighted by atomic mass is 9.79. The minimum Gasteiger partial charge on any atom is -0.320 e. The SMILES string of the molecule is NC(c1cccc(C2CCC2)c1)c1ccc(Br)c(F)c1. The van der Waals surface area contributed by atoms with Crippen molar-refractivity contribution in [3.05, 3.63) is 69.4 Å². The van der Waals surface area contributed by atoms with E-state index in [2.05, 4.69) is 34.1 Å². The van der Waals surface area contributed by atoms with E-state index in [9.17, 15) is 4.39 Å².